The molecule has 1 aromatic rings. The van der Waals surface area contributed by atoms with E-state index >= 15 is 0 Å². The van der Waals surface area contributed by atoms with Crippen LogP contribution in [0.15, 0.2) is 41.7 Å². The molecule has 17 heavy (non-hydrogen) atoms. The van der Waals surface area contributed by atoms with E-state index in [0.29, 0.717) is 0 Å². The highest BCUT2D eigenvalue weighted by Gasteiger charge is 2.10. The molecule has 0 aliphatic heterocycles. The van der Waals surface area contributed by atoms with Gasteiger partial charge in [0.1, 0.15) is 0 Å². The zero-order valence-electron chi connectivity index (χ0n) is 9.24. The van der Waals surface area contributed by atoms with Crippen LogP contribution in [0.3, 0.4) is 0 Å². The van der Waals surface area contributed by atoms with Gasteiger partial charge in [-0.15, -0.1) is 17.9 Å². The maximum Gasteiger partial charge on any atom is 0.158 e. The van der Waals surface area contributed by atoms with Gasteiger partial charge in [-0.1, -0.05) is 39.8 Å². The molecule has 0 saturated heterocycles. The molecule has 94 valence electrons. The van der Waals surface area contributed by atoms with E-state index in [1.165, 1.54) is 22.1 Å². The Morgan fingerprint density at radius 2 is 2.29 bits per heavy atom. The zero-order chi connectivity index (χ0) is 12.6. The molecule has 0 unspecified atom stereocenters. The van der Waals surface area contributed by atoms with Crippen LogP contribution in [0.5, 0.6) is 0 Å². The lowest BCUT2D eigenvalue weighted by molar-refractivity contribution is 0.598. The van der Waals surface area contributed by atoms with E-state index in [-0.39, 0.29) is 11.5 Å². The molecule has 1 rings (SSSR count). The summed E-state index contributed by atoms with van der Waals surface area (Å²) in [5, 5.41) is 3.71. The molecule has 0 amide bonds. The van der Waals surface area contributed by atoms with Crippen LogP contribution in [-0.4, -0.2) is 19.9 Å². The number of hydrogen-bond acceptors (Lipinski definition) is 5. The van der Waals surface area contributed by atoms with Gasteiger partial charge in [0, 0.05) is 10.6 Å². The van der Waals surface area contributed by atoms with Gasteiger partial charge in [-0.05, 0) is 16.9 Å². The topological polar surface area (TPSA) is 34.1 Å². The van der Waals surface area contributed by atoms with E-state index in [2.05, 4.69) is 6.58 Å². The Balaban J connectivity index is 2.32. The van der Waals surface area contributed by atoms with Crippen molar-refractivity contribution in [1.82, 2.24) is 0 Å². The average molecular weight is 306 g/mol. The molecule has 0 fully saturated rings. The maximum atomic E-state index is 11.7. The van der Waals surface area contributed by atoms with Crippen LogP contribution in [0, 0.1) is 0 Å². The molecule has 0 saturated carbocycles. The highest BCUT2D eigenvalue weighted by Crippen LogP contribution is 2.22. The quantitative estimate of drug-likeness (QED) is 0.416. The molecule has 0 bridgehead atoms. The fourth-order valence-corrected chi connectivity index (χ4v) is 4.90. The summed E-state index contributed by atoms with van der Waals surface area (Å²) in [6, 6.07) is 3.72. The van der Waals surface area contributed by atoms with E-state index in [4.69, 9.17) is 0 Å². The average Bonchev–Trinajstić information content (AvgIpc) is 2.75. The number of thiophene rings is 1. The third kappa shape index (κ3) is 6.98. The van der Waals surface area contributed by atoms with Gasteiger partial charge in [-0.2, -0.15) is 0 Å². The van der Waals surface area contributed by atoms with Gasteiger partial charge in [0.05, 0.1) is 11.5 Å². The molecule has 0 aliphatic carbocycles. The van der Waals surface area contributed by atoms with Crippen LogP contribution in [0.1, 0.15) is 4.88 Å². The molecule has 0 N–H and O–H groups in total. The summed E-state index contributed by atoms with van der Waals surface area (Å²) >= 11 is 1.48. The lowest BCUT2D eigenvalue weighted by Crippen LogP contribution is -2.06. The summed E-state index contributed by atoms with van der Waals surface area (Å²) in [6.07, 6.45) is 3.52. The third-order valence-electron chi connectivity index (χ3n) is 1.70. The molecule has 0 atom stereocenters. The minimum absolute atomic E-state index is 0.104. The van der Waals surface area contributed by atoms with Crippen LogP contribution in [0.25, 0.3) is 0 Å². The fraction of sp³-hybridized carbons (Fsp3) is 0.273. The lowest BCUT2D eigenvalue weighted by atomic mass is 10.5. The Morgan fingerprint density at radius 1 is 1.47 bits per heavy atom. The lowest BCUT2D eigenvalue weighted by Gasteiger charge is -1.98. The van der Waals surface area contributed by atoms with Crippen LogP contribution in [-0.2, 0) is 15.6 Å². The Hall–Kier alpha value is -0.170. The van der Waals surface area contributed by atoms with E-state index in [0.717, 1.165) is 10.6 Å². The highest BCUT2D eigenvalue weighted by atomic mass is 33.1. The maximum absolute atomic E-state index is 11.7. The minimum Gasteiger partial charge on any atom is -0.228 e. The molecule has 2 nitrogen and oxygen atoms in total. The van der Waals surface area contributed by atoms with Crippen molar-refractivity contribution in [2.75, 3.05) is 11.5 Å². The Bertz CT molecular complexity index is 446. The molecule has 0 aliphatic rings. The minimum atomic E-state index is -3.02. The highest BCUT2D eigenvalue weighted by molar-refractivity contribution is 8.77. The first-order valence-corrected chi connectivity index (χ1v) is 9.99. The van der Waals surface area contributed by atoms with Crippen LogP contribution >= 0.6 is 32.9 Å². The largest absolute Gasteiger partial charge is 0.228 e. The van der Waals surface area contributed by atoms with Crippen molar-refractivity contribution >= 4 is 42.8 Å². The molecular formula is C11H14O2S4. The molecule has 0 spiro atoms. The molecule has 6 heteroatoms. The fourth-order valence-electron chi connectivity index (χ4n) is 1.02. The molecule has 0 radical (unpaired) electrons. The molecular weight excluding hydrogens is 292 g/mol. The zero-order valence-corrected chi connectivity index (χ0v) is 12.5. The molecule has 1 heterocycles. The van der Waals surface area contributed by atoms with Gasteiger partial charge in [-0.3, -0.25) is 0 Å². The van der Waals surface area contributed by atoms with Gasteiger partial charge in [0.2, 0.25) is 0 Å². The van der Waals surface area contributed by atoms with Crippen molar-refractivity contribution < 1.29 is 8.42 Å². The van der Waals surface area contributed by atoms with E-state index in [1.807, 2.05) is 29.0 Å². The number of rotatable bonds is 8. The standard InChI is InChI=1S/C11H14O2S4/c1-2-6-15-16-8-4-9-17(12,13)10-11-5-3-7-14-11/h2-5,7-8H,1,6,9-10H2. The Morgan fingerprint density at radius 3 is 2.94 bits per heavy atom. The van der Waals surface area contributed by atoms with E-state index in [9.17, 15) is 8.42 Å². The summed E-state index contributed by atoms with van der Waals surface area (Å²) in [5.41, 5.74) is 0. The number of sulfone groups is 1. The summed E-state index contributed by atoms with van der Waals surface area (Å²) in [7, 11) is 0.141. The van der Waals surface area contributed by atoms with Gasteiger partial charge in [-0.25, -0.2) is 8.42 Å². The first-order valence-electron chi connectivity index (χ1n) is 4.91. The van der Waals surface area contributed by atoms with Gasteiger partial charge in [0.15, 0.2) is 9.84 Å². The predicted molar refractivity (Wildman–Crippen MR) is 81.2 cm³/mol. The first kappa shape index (κ1) is 14.9. The normalized spacial score (nSPS) is 12.0. The van der Waals surface area contributed by atoms with Crippen molar-refractivity contribution in [3.63, 3.8) is 0 Å². The Labute approximate surface area is 115 Å². The van der Waals surface area contributed by atoms with Gasteiger partial charge >= 0.3 is 0 Å². The smallest absolute Gasteiger partial charge is 0.158 e. The summed E-state index contributed by atoms with van der Waals surface area (Å²) < 4.78 is 23.4. The summed E-state index contributed by atoms with van der Waals surface area (Å²) in [6.45, 7) is 3.61. The SMILES string of the molecule is C=CCSSC=CCS(=O)(=O)Cc1cccs1. The Kier molecular flexibility index (Phi) is 7.03. The van der Waals surface area contributed by atoms with Crippen molar-refractivity contribution in [3.8, 4) is 0 Å². The second kappa shape index (κ2) is 8.02. The summed E-state index contributed by atoms with van der Waals surface area (Å²) in [4.78, 5) is 0.895. The van der Waals surface area contributed by atoms with E-state index in [1.54, 1.807) is 16.9 Å². The first-order chi connectivity index (χ1) is 8.14. The second-order valence-electron chi connectivity index (χ2n) is 3.18. The van der Waals surface area contributed by atoms with Crippen molar-refractivity contribution in [2.24, 2.45) is 0 Å². The molecule has 0 aromatic carbocycles. The summed E-state index contributed by atoms with van der Waals surface area (Å²) in [5.74, 6) is 1.10. The van der Waals surface area contributed by atoms with Crippen LogP contribution in [0.2, 0.25) is 0 Å². The van der Waals surface area contributed by atoms with Crippen molar-refractivity contribution in [1.29, 1.82) is 0 Å². The van der Waals surface area contributed by atoms with E-state index < -0.39 is 9.84 Å². The van der Waals surface area contributed by atoms with Crippen LogP contribution < -0.4 is 0 Å². The van der Waals surface area contributed by atoms with Crippen LogP contribution in [0.4, 0.5) is 0 Å². The van der Waals surface area contributed by atoms with Crippen molar-refractivity contribution in [2.45, 2.75) is 5.75 Å². The second-order valence-corrected chi connectivity index (χ2v) is 8.63. The number of hydrogen-bond donors (Lipinski definition) is 0. The monoisotopic (exact) mass is 306 g/mol. The van der Waals surface area contributed by atoms with Gasteiger partial charge in [0.25, 0.3) is 0 Å². The third-order valence-corrected chi connectivity index (χ3v) is 6.17. The van der Waals surface area contributed by atoms with Crippen molar-refractivity contribution in [3.05, 3.63) is 46.5 Å². The van der Waals surface area contributed by atoms with Gasteiger partial charge < -0.3 is 0 Å². The molecule has 1 aromatic heterocycles. The predicted octanol–water partition coefficient (Wildman–Crippen LogP) is 3.74.